The molecule has 0 atom stereocenters. The van der Waals surface area contributed by atoms with Crippen molar-refractivity contribution >= 4 is 10.8 Å². The van der Waals surface area contributed by atoms with Crippen LogP contribution >= 0.6 is 0 Å². The largest absolute Gasteiger partial charge is 0.497 e. The molecule has 0 aliphatic heterocycles. The Bertz CT molecular complexity index is 463. The van der Waals surface area contributed by atoms with Crippen molar-refractivity contribution in [2.75, 3.05) is 14.2 Å². The first-order chi connectivity index (χ1) is 7.33. The third kappa shape index (κ3) is 2.10. The number of fused-ring (bicyclic) bond motifs is 1. The second-order valence-electron chi connectivity index (χ2n) is 3.48. The van der Waals surface area contributed by atoms with Crippen LogP contribution in [0.25, 0.3) is 10.8 Å². The summed E-state index contributed by atoms with van der Waals surface area (Å²) in [5, 5.41) is 2.40. The molecule has 2 heteroatoms. The summed E-state index contributed by atoms with van der Waals surface area (Å²) in [6, 6.07) is 12.4. The molecule has 0 heterocycles. The second-order valence-corrected chi connectivity index (χ2v) is 3.48. The first kappa shape index (κ1) is 9.99. The number of benzene rings is 2. The Hall–Kier alpha value is -1.54. The summed E-state index contributed by atoms with van der Waals surface area (Å²) in [7, 11) is 3.38. The zero-order valence-corrected chi connectivity index (χ0v) is 8.99. The van der Waals surface area contributed by atoms with Crippen molar-refractivity contribution < 1.29 is 9.47 Å². The highest BCUT2D eigenvalue weighted by molar-refractivity contribution is 5.84. The minimum absolute atomic E-state index is 0.646. The van der Waals surface area contributed by atoms with Crippen LogP contribution in [0.4, 0.5) is 0 Å². The van der Waals surface area contributed by atoms with Crippen molar-refractivity contribution in [3.63, 3.8) is 0 Å². The SMILES string of the molecule is COCc1ccc2ccc(OC)cc2c1. The van der Waals surface area contributed by atoms with Crippen LogP contribution in [-0.4, -0.2) is 14.2 Å². The fraction of sp³-hybridized carbons (Fsp3) is 0.231. The molecule has 2 aromatic carbocycles. The molecule has 0 radical (unpaired) electrons. The van der Waals surface area contributed by atoms with Gasteiger partial charge in [-0.05, 0) is 34.5 Å². The molecule has 0 aliphatic carbocycles. The van der Waals surface area contributed by atoms with Crippen molar-refractivity contribution in [2.24, 2.45) is 0 Å². The van der Waals surface area contributed by atoms with E-state index in [9.17, 15) is 0 Å². The maximum atomic E-state index is 5.19. The van der Waals surface area contributed by atoms with Gasteiger partial charge < -0.3 is 9.47 Å². The smallest absolute Gasteiger partial charge is 0.119 e. The van der Waals surface area contributed by atoms with E-state index in [1.165, 1.54) is 16.3 Å². The minimum Gasteiger partial charge on any atom is -0.497 e. The van der Waals surface area contributed by atoms with Gasteiger partial charge in [0.15, 0.2) is 0 Å². The lowest BCUT2D eigenvalue weighted by molar-refractivity contribution is 0.185. The molecule has 0 fully saturated rings. The van der Waals surface area contributed by atoms with Gasteiger partial charge in [-0.2, -0.15) is 0 Å². The van der Waals surface area contributed by atoms with Crippen LogP contribution in [0.15, 0.2) is 36.4 Å². The Morgan fingerprint density at radius 3 is 2.47 bits per heavy atom. The van der Waals surface area contributed by atoms with Crippen molar-refractivity contribution in [3.05, 3.63) is 42.0 Å². The minimum atomic E-state index is 0.646. The van der Waals surface area contributed by atoms with Gasteiger partial charge in [-0.25, -0.2) is 0 Å². The van der Waals surface area contributed by atoms with E-state index in [2.05, 4.69) is 24.3 Å². The molecular formula is C13H14O2. The van der Waals surface area contributed by atoms with Crippen LogP contribution in [0.1, 0.15) is 5.56 Å². The van der Waals surface area contributed by atoms with E-state index in [0.717, 1.165) is 5.75 Å². The van der Waals surface area contributed by atoms with Gasteiger partial charge in [0.25, 0.3) is 0 Å². The van der Waals surface area contributed by atoms with E-state index >= 15 is 0 Å². The summed E-state index contributed by atoms with van der Waals surface area (Å²) >= 11 is 0. The second kappa shape index (κ2) is 4.32. The molecule has 0 saturated heterocycles. The Morgan fingerprint density at radius 2 is 1.73 bits per heavy atom. The van der Waals surface area contributed by atoms with Gasteiger partial charge >= 0.3 is 0 Å². The van der Waals surface area contributed by atoms with Crippen LogP contribution in [0, 0.1) is 0 Å². The average molecular weight is 202 g/mol. The molecule has 0 unspecified atom stereocenters. The zero-order chi connectivity index (χ0) is 10.7. The number of hydrogen-bond donors (Lipinski definition) is 0. The van der Waals surface area contributed by atoms with E-state index < -0.39 is 0 Å². The Balaban J connectivity index is 2.48. The third-order valence-electron chi connectivity index (χ3n) is 2.42. The summed E-state index contributed by atoms with van der Waals surface area (Å²) in [6.45, 7) is 0.646. The number of methoxy groups -OCH3 is 2. The molecule has 0 saturated carbocycles. The predicted molar refractivity (Wildman–Crippen MR) is 61.2 cm³/mol. The number of hydrogen-bond acceptors (Lipinski definition) is 2. The van der Waals surface area contributed by atoms with Gasteiger partial charge in [0, 0.05) is 7.11 Å². The standard InChI is InChI=1S/C13H14O2/c1-14-9-10-3-4-11-5-6-13(15-2)8-12(11)7-10/h3-8H,9H2,1-2H3. The fourth-order valence-corrected chi connectivity index (χ4v) is 1.66. The monoisotopic (exact) mass is 202 g/mol. The molecular weight excluding hydrogens is 188 g/mol. The molecule has 78 valence electrons. The maximum absolute atomic E-state index is 5.19. The summed E-state index contributed by atoms with van der Waals surface area (Å²) < 4.78 is 10.3. The van der Waals surface area contributed by atoms with Crippen molar-refractivity contribution in [1.82, 2.24) is 0 Å². The van der Waals surface area contributed by atoms with Crippen molar-refractivity contribution in [3.8, 4) is 5.75 Å². The van der Waals surface area contributed by atoms with E-state index in [1.54, 1.807) is 14.2 Å². The molecule has 15 heavy (non-hydrogen) atoms. The van der Waals surface area contributed by atoms with E-state index in [4.69, 9.17) is 9.47 Å². The zero-order valence-electron chi connectivity index (χ0n) is 8.99. The van der Waals surface area contributed by atoms with Gasteiger partial charge in [-0.3, -0.25) is 0 Å². The molecule has 0 bridgehead atoms. The van der Waals surface area contributed by atoms with E-state index in [1.807, 2.05) is 12.1 Å². The predicted octanol–water partition coefficient (Wildman–Crippen LogP) is 2.99. The van der Waals surface area contributed by atoms with E-state index in [0.29, 0.717) is 6.61 Å². The Labute approximate surface area is 89.4 Å². The van der Waals surface area contributed by atoms with Gasteiger partial charge in [0.1, 0.15) is 5.75 Å². The Kier molecular flexibility index (Phi) is 2.88. The molecule has 2 nitrogen and oxygen atoms in total. The summed E-state index contributed by atoms with van der Waals surface area (Å²) in [5.41, 5.74) is 1.18. The number of rotatable bonds is 3. The molecule has 2 aromatic rings. The lowest BCUT2D eigenvalue weighted by atomic mass is 10.1. The van der Waals surface area contributed by atoms with Crippen LogP contribution in [0.3, 0.4) is 0 Å². The summed E-state index contributed by atoms with van der Waals surface area (Å²) in [6.07, 6.45) is 0. The lowest BCUT2D eigenvalue weighted by Crippen LogP contribution is -1.87. The first-order valence-corrected chi connectivity index (χ1v) is 4.89. The average Bonchev–Trinajstić information content (AvgIpc) is 2.28. The first-order valence-electron chi connectivity index (χ1n) is 4.89. The highest BCUT2D eigenvalue weighted by Gasteiger charge is 1.98. The van der Waals surface area contributed by atoms with Crippen LogP contribution in [0.5, 0.6) is 5.75 Å². The van der Waals surface area contributed by atoms with Crippen molar-refractivity contribution in [2.45, 2.75) is 6.61 Å². The molecule has 2 rings (SSSR count). The molecule has 0 aromatic heterocycles. The normalized spacial score (nSPS) is 10.5. The number of ether oxygens (including phenoxy) is 2. The van der Waals surface area contributed by atoms with E-state index in [-0.39, 0.29) is 0 Å². The maximum Gasteiger partial charge on any atom is 0.119 e. The van der Waals surface area contributed by atoms with Crippen LogP contribution in [0.2, 0.25) is 0 Å². The van der Waals surface area contributed by atoms with Gasteiger partial charge in [0.2, 0.25) is 0 Å². The summed E-state index contributed by atoms with van der Waals surface area (Å²) in [5.74, 6) is 0.886. The Morgan fingerprint density at radius 1 is 0.933 bits per heavy atom. The highest BCUT2D eigenvalue weighted by atomic mass is 16.5. The molecule has 0 N–H and O–H groups in total. The quantitative estimate of drug-likeness (QED) is 0.761. The van der Waals surface area contributed by atoms with Crippen LogP contribution in [-0.2, 0) is 11.3 Å². The lowest BCUT2D eigenvalue weighted by Gasteiger charge is -2.05. The fourth-order valence-electron chi connectivity index (χ4n) is 1.66. The van der Waals surface area contributed by atoms with Crippen LogP contribution < -0.4 is 4.74 Å². The topological polar surface area (TPSA) is 18.5 Å². The third-order valence-corrected chi connectivity index (χ3v) is 2.42. The molecule has 0 aliphatic rings. The van der Waals surface area contributed by atoms with Gasteiger partial charge in [-0.15, -0.1) is 0 Å². The van der Waals surface area contributed by atoms with Gasteiger partial charge in [-0.1, -0.05) is 18.2 Å². The highest BCUT2D eigenvalue weighted by Crippen LogP contribution is 2.22. The summed E-state index contributed by atoms with van der Waals surface area (Å²) in [4.78, 5) is 0. The molecule has 0 amide bonds. The van der Waals surface area contributed by atoms with Crippen molar-refractivity contribution in [1.29, 1.82) is 0 Å². The van der Waals surface area contributed by atoms with Gasteiger partial charge in [0.05, 0.1) is 13.7 Å². The molecule has 0 spiro atoms.